The Morgan fingerprint density at radius 1 is 1.18 bits per heavy atom. The molecule has 1 aliphatic carbocycles. The monoisotopic (exact) mass is 558 g/mol. The molecule has 0 aromatic carbocycles. The zero-order valence-electron chi connectivity index (χ0n) is 21.9. The second-order valence-electron chi connectivity index (χ2n) is 11.0. The van der Waals surface area contributed by atoms with Crippen LogP contribution in [0.3, 0.4) is 0 Å². The molecule has 6 rings (SSSR count). The highest BCUT2D eigenvalue weighted by atomic mass is 16.6. The fraction of sp³-hybridized carbons (Fsp3) is 0.680. The van der Waals surface area contributed by atoms with E-state index in [9.17, 15) is 24.6 Å². The highest BCUT2D eigenvalue weighted by molar-refractivity contribution is 5.88. The van der Waals surface area contributed by atoms with Gasteiger partial charge in [0.15, 0.2) is 29.9 Å². The SMILES string of the molecule is Nc1nc(CCCC2CCN(C(=O)OC3CNC3=O)CC2)nc2c1ncn2[C@@H]1O[C@H](C(=O)NC2CC2)[C@H](O)C1O. The molecule has 3 amide bonds. The van der Waals surface area contributed by atoms with E-state index >= 15 is 0 Å². The van der Waals surface area contributed by atoms with Gasteiger partial charge in [-0.05, 0) is 44.4 Å². The zero-order chi connectivity index (χ0) is 28.0. The molecule has 0 radical (unpaired) electrons. The van der Waals surface area contributed by atoms with Crippen LogP contribution in [0.5, 0.6) is 0 Å². The average molecular weight is 559 g/mol. The summed E-state index contributed by atoms with van der Waals surface area (Å²) in [5.74, 6) is 0.441. The van der Waals surface area contributed by atoms with Crippen molar-refractivity contribution in [3.05, 3.63) is 12.2 Å². The van der Waals surface area contributed by atoms with Crippen LogP contribution in [0.4, 0.5) is 10.6 Å². The van der Waals surface area contributed by atoms with Crippen molar-refractivity contribution >= 4 is 34.9 Å². The number of aromatic nitrogens is 4. The molecule has 3 saturated heterocycles. The molecule has 4 aliphatic rings. The van der Waals surface area contributed by atoms with Crippen molar-refractivity contribution in [1.29, 1.82) is 0 Å². The van der Waals surface area contributed by atoms with Gasteiger partial charge in [0.2, 0.25) is 0 Å². The molecule has 4 fully saturated rings. The lowest BCUT2D eigenvalue weighted by atomic mass is 9.91. The number of β-lactam (4-membered cyclic amide) rings is 1. The molecular weight excluding hydrogens is 524 g/mol. The third-order valence-corrected chi connectivity index (χ3v) is 8.07. The molecule has 1 saturated carbocycles. The van der Waals surface area contributed by atoms with Crippen LogP contribution in [0.2, 0.25) is 0 Å². The van der Waals surface area contributed by atoms with E-state index in [2.05, 4.69) is 25.6 Å². The van der Waals surface area contributed by atoms with Gasteiger partial charge in [-0.2, -0.15) is 0 Å². The fourth-order valence-electron chi connectivity index (χ4n) is 5.41. The second-order valence-corrected chi connectivity index (χ2v) is 11.0. The molecule has 3 aliphatic heterocycles. The molecule has 5 heterocycles. The Labute approximate surface area is 229 Å². The molecule has 0 bridgehead atoms. The number of piperidine rings is 1. The van der Waals surface area contributed by atoms with Crippen LogP contribution in [0.15, 0.2) is 6.33 Å². The average Bonchev–Trinajstić information content (AvgIpc) is 3.58. The second kappa shape index (κ2) is 10.8. The first-order valence-electron chi connectivity index (χ1n) is 13.8. The van der Waals surface area contributed by atoms with E-state index in [0.717, 1.165) is 38.5 Å². The lowest BCUT2D eigenvalue weighted by Crippen LogP contribution is -2.56. The molecule has 5 atom stereocenters. The Hall–Kier alpha value is -3.56. The topological polar surface area (TPSA) is 207 Å². The molecule has 2 aromatic heterocycles. The van der Waals surface area contributed by atoms with E-state index in [4.69, 9.17) is 15.2 Å². The summed E-state index contributed by atoms with van der Waals surface area (Å²) >= 11 is 0. The van der Waals surface area contributed by atoms with Gasteiger partial charge in [-0.1, -0.05) is 0 Å². The number of nitrogens with zero attached hydrogens (tertiary/aromatic N) is 5. The van der Waals surface area contributed by atoms with Gasteiger partial charge < -0.3 is 41.0 Å². The summed E-state index contributed by atoms with van der Waals surface area (Å²) in [4.78, 5) is 51.0. The molecule has 6 N–H and O–H groups in total. The standard InChI is InChI=1S/C25H34N8O7/c26-20-16-21(33(11-28-16)24-18(35)17(34)19(40-24)23(37)29-13-4-5-13)31-15(30-20)3-1-2-12-6-8-32(9-7-12)25(38)39-14-10-27-22(14)36/h11-14,17-19,24,34-35H,1-10H2,(H,27,36)(H,29,37)(H2,26,30,31)/t14?,17-,18?,19+,24-/m1/s1. The van der Waals surface area contributed by atoms with Gasteiger partial charge in [0, 0.05) is 25.6 Å². The fourth-order valence-corrected chi connectivity index (χ4v) is 5.41. The minimum absolute atomic E-state index is 0.0920. The molecule has 216 valence electrons. The van der Waals surface area contributed by atoms with Crippen LogP contribution in [0.25, 0.3) is 11.2 Å². The Balaban J connectivity index is 1.04. The molecular formula is C25H34N8O7. The predicted molar refractivity (Wildman–Crippen MR) is 137 cm³/mol. The molecule has 40 heavy (non-hydrogen) atoms. The number of hydrogen-bond acceptors (Lipinski definition) is 11. The van der Waals surface area contributed by atoms with Crippen LogP contribution >= 0.6 is 0 Å². The summed E-state index contributed by atoms with van der Waals surface area (Å²) in [5, 5.41) is 26.5. The lowest BCUT2D eigenvalue weighted by Gasteiger charge is -2.33. The van der Waals surface area contributed by atoms with Crippen LogP contribution in [-0.4, -0.2) is 103 Å². The number of aliphatic hydroxyl groups excluding tert-OH is 2. The number of nitrogens with two attached hydrogens (primary N) is 1. The summed E-state index contributed by atoms with van der Waals surface area (Å²) in [6.45, 7) is 1.54. The number of nitrogens with one attached hydrogen (secondary N) is 2. The highest BCUT2D eigenvalue weighted by Crippen LogP contribution is 2.33. The highest BCUT2D eigenvalue weighted by Gasteiger charge is 2.48. The first-order valence-corrected chi connectivity index (χ1v) is 13.8. The Morgan fingerprint density at radius 2 is 1.95 bits per heavy atom. The Morgan fingerprint density at radius 3 is 2.62 bits per heavy atom. The van der Waals surface area contributed by atoms with Crippen LogP contribution < -0.4 is 16.4 Å². The number of anilines is 1. The minimum Gasteiger partial charge on any atom is -0.434 e. The van der Waals surface area contributed by atoms with E-state index in [1.165, 1.54) is 10.9 Å². The molecule has 15 heteroatoms. The normalized spacial score (nSPS) is 28.8. The summed E-state index contributed by atoms with van der Waals surface area (Å²) in [6, 6.07) is 0.0920. The van der Waals surface area contributed by atoms with Crippen molar-refractivity contribution < 1.29 is 34.1 Å². The third kappa shape index (κ3) is 5.28. The number of carbonyl (C=O) groups is 3. The number of hydrogen-bond donors (Lipinski definition) is 5. The molecule has 0 spiro atoms. The first kappa shape index (κ1) is 26.7. The lowest BCUT2D eigenvalue weighted by molar-refractivity contribution is -0.138. The Bertz CT molecular complexity index is 1290. The van der Waals surface area contributed by atoms with Gasteiger partial charge in [0.1, 0.15) is 23.5 Å². The summed E-state index contributed by atoms with van der Waals surface area (Å²) in [7, 11) is 0. The van der Waals surface area contributed by atoms with Gasteiger partial charge in [0.05, 0.1) is 12.9 Å². The maximum atomic E-state index is 12.5. The maximum Gasteiger partial charge on any atom is 0.410 e. The van der Waals surface area contributed by atoms with Crippen molar-refractivity contribution in [2.24, 2.45) is 5.92 Å². The molecule has 15 nitrogen and oxygen atoms in total. The third-order valence-electron chi connectivity index (χ3n) is 8.07. The van der Waals surface area contributed by atoms with Crippen molar-refractivity contribution in [2.45, 2.75) is 81.6 Å². The number of imidazole rings is 1. The van der Waals surface area contributed by atoms with Gasteiger partial charge in [-0.25, -0.2) is 19.7 Å². The van der Waals surface area contributed by atoms with E-state index in [-0.39, 0.29) is 17.8 Å². The number of carbonyl (C=O) groups excluding carboxylic acids is 3. The number of aryl methyl sites for hydroxylation is 1. The largest absolute Gasteiger partial charge is 0.434 e. The Kier molecular flexibility index (Phi) is 7.18. The van der Waals surface area contributed by atoms with Gasteiger partial charge >= 0.3 is 6.09 Å². The van der Waals surface area contributed by atoms with E-state index in [1.54, 1.807) is 4.90 Å². The number of amides is 3. The molecule has 2 unspecified atom stereocenters. The van der Waals surface area contributed by atoms with E-state index in [1.807, 2.05) is 0 Å². The quantitative estimate of drug-likeness (QED) is 0.248. The number of aliphatic hydroxyl groups is 2. The summed E-state index contributed by atoms with van der Waals surface area (Å²) in [6.07, 6.45) is 1.03. The van der Waals surface area contributed by atoms with Gasteiger partial charge in [-0.3, -0.25) is 14.2 Å². The number of rotatable bonds is 8. The number of ether oxygens (including phenoxy) is 2. The summed E-state index contributed by atoms with van der Waals surface area (Å²) in [5.41, 5.74) is 6.87. The number of fused-ring (bicyclic) bond motifs is 1. The number of nitrogen functional groups attached to an aromatic ring is 1. The van der Waals surface area contributed by atoms with Crippen molar-refractivity contribution in [3.63, 3.8) is 0 Å². The minimum atomic E-state index is -1.40. The van der Waals surface area contributed by atoms with Crippen molar-refractivity contribution in [3.8, 4) is 0 Å². The van der Waals surface area contributed by atoms with E-state index in [0.29, 0.717) is 49.0 Å². The van der Waals surface area contributed by atoms with Crippen molar-refractivity contribution in [2.75, 3.05) is 25.4 Å². The van der Waals surface area contributed by atoms with Gasteiger partial charge in [-0.15, -0.1) is 0 Å². The van der Waals surface area contributed by atoms with E-state index < -0.39 is 42.6 Å². The van der Waals surface area contributed by atoms with Crippen LogP contribution in [0, 0.1) is 5.92 Å². The summed E-state index contributed by atoms with van der Waals surface area (Å²) < 4.78 is 12.5. The zero-order valence-corrected chi connectivity index (χ0v) is 21.9. The predicted octanol–water partition coefficient (Wildman–Crippen LogP) is -1.02. The van der Waals surface area contributed by atoms with Gasteiger partial charge in [0.25, 0.3) is 11.8 Å². The van der Waals surface area contributed by atoms with Crippen LogP contribution in [0.1, 0.15) is 50.6 Å². The first-order chi connectivity index (χ1) is 19.3. The number of likely N-dealkylation sites (tertiary alicyclic amines) is 1. The van der Waals surface area contributed by atoms with Crippen LogP contribution in [-0.2, 0) is 25.5 Å². The smallest absolute Gasteiger partial charge is 0.410 e. The van der Waals surface area contributed by atoms with Crippen molar-refractivity contribution in [1.82, 2.24) is 35.1 Å². The molecule has 2 aromatic rings. The maximum absolute atomic E-state index is 12.5.